The van der Waals surface area contributed by atoms with Crippen molar-refractivity contribution in [2.75, 3.05) is 0 Å². The van der Waals surface area contributed by atoms with E-state index in [0.29, 0.717) is 0 Å². The Hall–Kier alpha value is -1.82. The lowest BCUT2D eigenvalue weighted by Crippen LogP contribution is -1.93. The Balaban J connectivity index is 2.25. The maximum Gasteiger partial charge on any atom is -0.00255 e. The SMILES string of the molecule is C=C(Cc1cc(C)cc(C)c1)c1cc(C)cc(C)c1. The third kappa shape index (κ3) is 3.57. The molecule has 2 aromatic rings. The van der Waals surface area contributed by atoms with Gasteiger partial charge in [-0.1, -0.05) is 65.2 Å². The average molecular weight is 250 g/mol. The lowest BCUT2D eigenvalue weighted by Gasteiger charge is -2.10. The van der Waals surface area contributed by atoms with Crippen molar-refractivity contribution >= 4 is 5.57 Å². The minimum Gasteiger partial charge on any atom is -0.0949 e. The zero-order valence-corrected chi connectivity index (χ0v) is 12.4. The van der Waals surface area contributed by atoms with Gasteiger partial charge < -0.3 is 0 Å². The predicted octanol–water partition coefficient (Wildman–Crippen LogP) is 5.18. The van der Waals surface area contributed by atoms with Gasteiger partial charge in [-0.15, -0.1) is 0 Å². The molecular formula is C19H22. The van der Waals surface area contributed by atoms with Crippen LogP contribution in [0.2, 0.25) is 0 Å². The summed E-state index contributed by atoms with van der Waals surface area (Å²) in [6.07, 6.45) is 0.922. The molecule has 0 bridgehead atoms. The summed E-state index contributed by atoms with van der Waals surface area (Å²) in [5.41, 5.74) is 9.05. The van der Waals surface area contributed by atoms with Gasteiger partial charge >= 0.3 is 0 Å². The fourth-order valence-electron chi connectivity index (χ4n) is 2.70. The van der Waals surface area contributed by atoms with E-state index < -0.39 is 0 Å². The molecule has 0 fully saturated rings. The molecule has 0 aromatic heterocycles. The molecular weight excluding hydrogens is 228 g/mol. The van der Waals surface area contributed by atoms with Gasteiger partial charge in [0.2, 0.25) is 0 Å². The first-order valence-electron chi connectivity index (χ1n) is 6.77. The first kappa shape index (κ1) is 13.6. The molecule has 0 aliphatic heterocycles. The van der Waals surface area contributed by atoms with Crippen molar-refractivity contribution in [3.63, 3.8) is 0 Å². The number of hydrogen-bond acceptors (Lipinski definition) is 0. The summed E-state index contributed by atoms with van der Waals surface area (Å²) in [4.78, 5) is 0. The molecule has 0 saturated carbocycles. The minimum atomic E-state index is 0.922. The first-order chi connectivity index (χ1) is 8.94. The van der Waals surface area contributed by atoms with Gasteiger partial charge in [-0.2, -0.15) is 0 Å². The summed E-state index contributed by atoms with van der Waals surface area (Å²) in [5, 5.41) is 0. The Labute approximate surface area is 116 Å². The molecule has 0 aliphatic carbocycles. The fourth-order valence-corrected chi connectivity index (χ4v) is 2.70. The van der Waals surface area contributed by atoms with E-state index in [-0.39, 0.29) is 0 Å². The monoisotopic (exact) mass is 250 g/mol. The van der Waals surface area contributed by atoms with Crippen molar-refractivity contribution in [3.05, 3.63) is 76.4 Å². The van der Waals surface area contributed by atoms with Crippen molar-refractivity contribution in [3.8, 4) is 0 Å². The summed E-state index contributed by atoms with van der Waals surface area (Å²) in [6, 6.07) is 13.4. The maximum atomic E-state index is 4.26. The number of hydrogen-bond donors (Lipinski definition) is 0. The van der Waals surface area contributed by atoms with Crippen LogP contribution < -0.4 is 0 Å². The van der Waals surface area contributed by atoms with Gasteiger partial charge in [0.15, 0.2) is 0 Å². The third-order valence-corrected chi connectivity index (χ3v) is 3.33. The summed E-state index contributed by atoms with van der Waals surface area (Å²) < 4.78 is 0. The standard InChI is InChI=1S/C19H22/c1-13-6-14(2)9-18(8-13)12-17(5)19-10-15(3)7-16(4)11-19/h6-11H,5,12H2,1-4H3. The molecule has 0 N–H and O–H groups in total. The van der Waals surface area contributed by atoms with Crippen LogP contribution in [0, 0.1) is 27.7 Å². The minimum absolute atomic E-state index is 0.922. The van der Waals surface area contributed by atoms with Crippen LogP contribution >= 0.6 is 0 Å². The highest BCUT2D eigenvalue weighted by atomic mass is 14.1. The molecule has 0 spiro atoms. The van der Waals surface area contributed by atoms with Gasteiger partial charge in [-0.25, -0.2) is 0 Å². The number of allylic oxidation sites excluding steroid dienone is 1. The molecule has 0 amide bonds. The lowest BCUT2D eigenvalue weighted by molar-refractivity contribution is 1.23. The van der Waals surface area contributed by atoms with Crippen LogP contribution in [0.4, 0.5) is 0 Å². The number of aryl methyl sites for hydroxylation is 4. The molecule has 0 nitrogen and oxygen atoms in total. The van der Waals surface area contributed by atoms with Crippen LogP contribution in [0.5, 0.6) is 0 Å². The molecule has 98 valence electrons. The second-order valence-electron chi connectivity index (χ2n) is 5.65. The fraction of sp³-hybridized carbons (Fsp3) is 0.263. The smallest absolute Gasteiger partial charge is 0.00255 e. The first-order valence-corrected chi connectivity index (χ1v) is 6.77. The largest absolute Gasteiger partial charge is 0.0949 e. The molecule has 0 heterocycles. The zero-order chi connectivity index (χ0) is 14.0. The second-order valence-corrected chi connectivity index (χ2v) is 5.65. The molecule has 0 atom stereocenters. The van der Waals surface area contributed by atoms with Gasteiger partial charge in [0, 0.05) is 0 Å². The molecule has 0 heteroatoms. The van der Waals surface area contributed by atoms with Crippen molar-refractivity contribution in [2.24, 2.45) is 0 Å². The van der Waals surface area contributed by atoms with E-state index in [2.05, 4.69) is 70.7 Å². The number of benzene rings is 2. The molecule has 19 heavy (non-hydrogen) atoms. The van der Waals surface area contributed by atoms with Crippen LogP contribution in [0.25, 0.3) is 5.57 Å². The second kappa shape index (κ2) is 5.44. The number of rotatable bonds is 3. The highest BCUT2D eigenvalue weighted by Crippen LogP contribution is 2.21. The molecule has 0 saturated heterocycles. The highest BCUT2D eigenvalue weighted by Gasteiger charge is 2.04. The molecule has 2 aromatic carbocycles. The van der Waals surface area contributed by atoms with Gasteiger partial charge in [0.05, 0.1) is 0 Å². The normalized spacial score (nSPS) is 10.5. The Bertz CT molecular complexity index is 577. The van der Waals surface area contributed by atoms with Crippen LogP contribution in [0.3, 0.4) is 0 Å². The quantitative estimate of drug-likeness (QED) is 0.704. The Morgan fingerprint density at radius 3 is 1.63 bits per heavy atom. The Morgan fingerprint density at radius 1 is 0.737 bits per heavy atom. The highest BCUT2D eigenvalue weighted by molar-refractivity contribution is 5.67. The van der Waals surface area contributed by atoms with Crippen molar-refractivity contribution in [1.29, 1.82) is 0 Å². The summed E-state index contributed by atoms with van der Waals surface area (Å²) >= 11 is 0. The van der Waals surface area contributed by atoms with Gasteiger partial charge in [-0.05, 0) is 50.8 Å². The van der Waals surface area contributed by atoms with E-state index in [4.69, 9.17) is 0 Å². The Morgan fingerprint density at radius 2 is 1.16 bits per heavy atom. The van der Waals surface area contributed by atoms with Crippen LogP contribution in [0.1, 0.15) is 33.4 Å². The molecule has 0 radical (unpaired) electrons. The summed E-state index contributed by atoms with van der Waals surface area (Å²) in [5.74, 6) is 0. The van der Waals surface area contributed by atoms with Crippen LogP contribution in [-0.4, -0.2) is 0 Å². The lowest BCUT2D eigenvalue weighted by atomic mass is 9.95. The molecule has 0 aliphatic rings. The third-order valence-electron chi connectivity index (χ3n) is 3.33. The van der Waals surface area contributed by atoms with E-state index >= 15 is 0 Å². The van der Waals surface area contributed by atoms with E-state index in [0.717, 1.165) is 6.42 Å². The zero-order valence-electron chi connectivity index (χ0n) is 12.4. The molecule has 2 rings (SSSR count). The van der Waals surface area contributed by atoms with E-state index in [9.17, 15) is 0 Å². The topological polar surface area (TPSA) is 0 Å². The van der Waals surface area contributed by atoms with Crippen LogP contribution in [-0.2, 0) is 6.42 Å². The van der Waals surface area contributed by atoms with Crippen molar-refractivity contribution in [2.45, 2.75) is 34.1 Å². The van der Waals surface area contributed by atoms with Gasteiger partial charge in [-0.3, -0.25) is 0 Å². The maximum absolute atomic E-state index is 4.26. The Kier molecular flexibility index (Phi) is 3.90. The summed E-state index contributed by atoms with van der Waals surface area (Å²) in [6.45, 7) is 12.8. The molecule has 0 unspecified atom stereocenters. The van der Waals surface area contributed by atoms with E-state index in [1.165, 1.54) is 39.0 Å². The van der Waals surface area contributed by atoms with Crippen molar-refractivity contribution < 1.29 is 0 Å². The van der Waals surface area contributed by atoms with Gasteiger partial charge in [0.1, 0.15) is 0 Å². The van der Waals surface area contributed by atoms with Gasteiger partial charge in [0.25, 0.3) is 0 Å². The van der Waals surface area contributed by atoms with Crippen LogP contribution in [0.15, 0.2) is 43.0 Å². The van der Waals surface area contributed by atoms with E-state index in [1.54, 1.807) is 0 Å². The predicted molar refractivity (Wildman–Crippen MR) is 84.6 cm³/mol. The average Bonchev–Trinajstić information content (AvgIpc) is 2.25. The van der Waals surface area contributed by atoms with E-state index in [1.807, 2.05) is 0 Å². The van der Waals surface area contributed by atoms with Crippen molar-refractivity contribution in [1.82, 2.24) is 0 Å². The summed E-state index contributed by atoms with van der Waals surface area (Å²) in [7, 11) is 0.